The van der Waals surface area contributed by atoms with Crippen molar-refractivity contribution in [3.63, 3.8) is 0 Å². The lowest BCUT2D eigenvalue weighted by Crippen LogP contribution is -2.04. The fourth-order valence-electron chi connectivity index (χ4n) is 2.76. The zero-order valence-corrected chi connectivity index (χ0v) is 15.0. The molecule has 0 radical (unpaired) electrons. The van der Waals surface area contributed by atoms with Crippen molar-refractivity contribution in [1.29, 1.82) is 0 Å². The summed E-state index contributed by atoms with van der Waals surface area (Å²) in [6.45, 7) is 0.426. The van der Waals surface area contributed by atoms with Crippen LogP contribution in [0, 0.1) is 0 Å². The Labute approximate surface area is 164 Å². The highest BCUT2D eigenvalue weighted by atomic mass is 19.4. The van der Waals surface area contributed by atoms with Gasteiger partial charge >= 0.3 is 6.18 Å². The van der Waals surface area contributed by atoms with Crippen LogP contribution in [0.25, 0.3) is 11.4 Å². The number of anilines is 2. The van der Waals surface area contributed by atoms with Crippen molar-refractivity contribution in [3.05, 3.63) is 84.2 Å². The van der Waals surface area contributed by atoms with E-state index >= 15 is 0 Å². The molecule has 0 aliphatic rings. The summed E-state index contributed by atoms with van der Waals surface area (Å²) in [5.41, 5.74) is 2.11. The van der Waals surface area contributed by atoms with E-state index in [0.717, 1.165) is 17.7 Å². The van der Waals surface area contributed by atoms with Gasteiger partial charge in [0.2, 0.25) is 5.82 Å². The lowest BCUT2D eigenvalue weighted by atomic mass is 10.1. The monoisotopic (exact) mass is 396 g/mol. The molecule has 0 bridgehead atoms. The van der Waals surface area contributed by atoms with E-state index in [-0.39, 0.29) is 0 Å². The maximum Gasteiger partial charge on any atom is 0.416 e. The second-order valence-corrected chi connectivity index (χ2v) is 6.25. The first-order chi connectivity index (χ1) is 14.0. The zero-order valence-electron chi connectivity index (χ0n) is 15.0. The fourth-order valence-corrected chi connectivity index (χ4v) is 2.76. The van der Waals surface area contributed by atoms with E-state index in [9.17, 15) is 13.2 Å². The Morgan fingerprint density at radius 2 is 1.72 bits per heavy atom. The lowest BCUT2D eigenvalue weighted by molar-refractivity contribution is -0.137. The van der Waals surface area contributed by atoms with Gasteiger partial charge in [0.1, 0.15) is 0 Å². The molecule has 0 spiro atoms. The Kier molecular flexibility index (Phi) is 4.94. The van der Waals surface area contributed by atoms with E-state index in [0.29, 0.717) is 29.3 Å². The molecule has 0 saturated heterocycles. The van der Waals surface area contributed by atoms with Crippen LogP contribution in [0.3, 0.4) is 0 Å². The van der Waals surface area contributed by atoms with E-state index in [4.69, 9.17) is 0 Å². The number of rotatable bonds is 5. The minimum atomic E-state index is -4.37. The third-order valence-corrected chi connectivity index (χ3v) is 4.16. The number of hydrogen-bond donors (Lipinski definition) is 1. The predicted molar refractivity (Wildman–Crippen MR) is 101 cm³/mol. The highest BCUT2D eigenvalue weighted by Gasteiger charge is 2.29. The molecule has 0 unspecified atom stereocenters. The topological polar surface area (TPSA) is 68.5 Å². The molecule has 0 saturated carbocycles. The van der Waals surface area contributed by atoms with Crippen LogP contribution in [0.1, 0.15) is 11.1 Å². The van der Waals surface area contributed by atoms with Gasteiger partial charge in [0.05, 0.1) is 12.1 Å². The van der Waals surface area contributed by atoms with E-state index in [1.54, 1.807) is 18.5 Å². The van der Waals surface area contributed by atoms with Crippen molar-refractivity contribution in [1.82, 2.24) is 25.2 Å². The Balaban J connectivity index is 1.56. The third kappa shape index (κ3) is 4.40. The molecular formula is C20H15F3N6. The molecule has 0 amide bonds. The van der Waals surface area contributed by atoms with E-state index in [1.807, 2.05) is 30.3 Å². The molecule has 2 aromatic heterocycles. The molecule has 6 nitrogen and oxygen atoms in total. The smallest absolute Gasteiger partial charge is 0.355 e. The Morgan fingerprint density at radius 1 is 0.931 bits per heavy atom. The maximum atomic E-state index is 12.7. The van der Waals surface area contributed by atoms with Crippen LogP contribution in [0.5, 0.6) is 0 Å². The molecule has 9 heteroatoms. The largest absolute Gasteiger partial charge is 0.416 e. The molecule has 1 N–H and O–H groups in total. The Hall–Kier alpha value is -3.75. The summed E-state index contributed by atoms with van der Waals surface area (Å²) < 4.78 is 38.2. The second-order valence-electron chi connectivity index (χ2n) is 6.25. The van der Waals surface area contributed by atoms with Crippen LogP contribution in [-0.4, -0.2) is 25.2 Å². The minimum Gasteiger partial charge on any atom is -0.355 e. The first-order valence-electron chi connectivity index (χ1n) is 8.69. The zero-order chi connectivity index (χ0) is 20.3. The number of nitrogens with zero attached hydrogens (tertiary/aromatic N) is 5. The number of benzene rings is 2. The summed E-state index contributed by atoms with van der Waals surface area (Å²) >= 11 is 0. The van der Waals surface area contributed by atoms with Gasteiger partial charge in [0.25, 0.3) is 0 Å². The summed E-state index contributed by atoms with van der Waals surface area (Å²) in [5.74, 6) is 0.406. The number of pyridine rings is 1. The molecule has 4 aromatic rings. The van der Waals surface area contributed by atoms with Crippen LogP contribution in [0.2, 0.25) is 0 Å². The van der Waals surface area contributed by atoms with Gasteiger partial charge in [0, 0.05) is 29.3 Å². The van der Waals surface area contributed by atoms with Gasteiger partial charge in [-0.05, 0) is 53.2 Å². The average molecular weight is 396 g/mol. The second kappa shape index (κ2) is 7.70. The predicted octanol–water partition coefficient (Wildman–Crippen LogP) is 4.55. The summed E-state index contributed by atoms with van der Waals surface area (Å²) in [5, 5.41) is 15.7. The van der Waals surface area contributed by atoms with Crippen molar-refractivity contribution < 1.29 is 13.2 Å². The molecule has 4 rings (SSSR count). The molecule has 0 aliphatic carbocycles. The molecule has 2 aromatic carbocycles. The molecule has 0 aliphatic heterocycles. The molecule has 0 atom stereocenters. The van der Waals surface area contributed by atoms with Crippen molar-refractivity contribution >= 4 is 11.4 Å². The number of tetrazole rings is 1. The van der Waals surface area contributed by atoms with Gasteiger partial charge in [-0.2, -0.15) is 18.0 Å². The minimum absolute atomic E-state index is 0.406. The first kappa shape index (κ1) is 18.6. The first-order valence-corrected chi connectivity index (χ1v) is 8.69. The van der Waals surface area contributed by atoms with Crippen molar-refractivity contribution in [2.45, 2.75) is 12.7 Å². The summed E-state index contributed by atoms with van der Waals surface area (Å²) in [6, 6.07) is 15.8. The van der Waals surface area contributed by atoms with Gasteiger partial charge in [-0.3, -0.25) is 4.98 Å². The van der Waals surface area contributed by atoms with Crippen LogP contribution in [0.4, 0.5) is 24.5 Å². The molecular weight excluding hydrogens is 381 g/mol. The maximum absolute atomic E-state index is 12.7. The van der Waals surface area contributed by atoms with Gasteiger partial charge in [-0.15, -0.1) is 10.2 Å². The SMILES string of the molecule is FC(F)(F)c1ccc(Nc2ccccc2-c2nnn(Cc3cccnc3)n2)cc1. The van der Waals surface area contributed by atoms with Crippen LogP contribution in [0.15, 0.2) is 73.1 Å². The standard InChI is InChI=1S/C20H15F3N6/c21-20(22,23)15-7-9-16(10-8-15)25-18-6-2-1-5-17(18)19-26-28-29(27-19)13-14-4-3-11-24-12-14/h1-12,25H,13H2. The van der Waals surface area contributed by atoms with Gasteiger partial charge in [0.15, 0.2) is 0 Å². The Morgan fingerprint density at radius 3 is 2.45 bits per heavy atom. The van der Waals surface area contributed by atoms with E-state index in [1.165, 1.54) is 16.9 Å². The quantitative estimate of drug-likeness (QED) is 0.536. The molecule has 2 heterocycles. The number of nitrogens with one attached hydrogen (secondary N) is 1. The summed E-state index contributed by atoms with van der Waals surface area (Å²) in [7, 11) is 0. The summed E-state index contributed by atoms with van der Waals surface area (Å²) in [4.78, 5) is 5.52. The van der Waals surface area contributed by atoms with Crippen molar-refractivity contribution in [2.75, 3.05) is 5.32 Å². The molecule has 0 fully saturated rings. The lowest BCUT2D eigenvalue weighted by Gasteiger charge is -2.11. The Bertz CT molecular complexity index is 1090. The number of halogens is 3. The number of aromatic nitrogens is 5. The van der Waals surface area contributed by atoms with Gasteiger partial charge < -0.3 is 5.32 Å². The van der Waals surface area contributed by atoms with Crippen LogP contribution in [-0.2, 0) is 12.7 Å². The van der Waals surface area contributed by atoms with Gasteiger partial charge in [-0.1, -0.05) is 18.2 Å². The van der Waals surface area contributed by atoms with Crippen LogP contribution < -0.4 is 5.32 Å². The highest BCUT2D eigenvalue weighted by molar-refractivity contribution is 5.77. The number of hydrogen-bond acceptors (Lipinski definition) is 5. The fraction of sp³-hybridized carbons (Fsp3) is 0.100. The van der Waals surface area contributed by atoms with Gasteiger partial charge in [-0.25, -0.2) is 0 Å². The highest BCUT2D eigenvalue weighted by Crippen LogP contribution is 2.32. The average Bonchev–Trinajstić information content (AvgIpc) is 3.17. The summed E-state index contributed by atoms with van der Waals surface area (Å²) in [6.07, 6.45) is -0.955. The van der Waals surface area contributed by atoms with Crippen LogP contribution >= 0.6 is 0 Å². The number of alkyl halides is 3. The van der Waals surface area contributed by atoms with Crippen molar-refractivity contribution in [2.24, 2.45) is 0 Å². The third-order valence-electron chi connectivity index (χ3n) is 4.16. The van der Waals surface area contributed by atoms with E-state index < -0.39 is 11.7 Å². The number of para-hydroxylation sites is 1. The molecule has 29 heavy (non-hydrogen) atoms. The van der Waals surface area contributed by atoms with Crippen molar-refractivity contribution in [3.8, 4) is 11.4 Å². The molecule has 146 valence electrons. The van der Waals surface area contributed by atoms with E-state index in [2.05, 4.69) is 25.7 Å². The normalized spacial score (nSPS) is 11.4.